The van der Waals surface area contributed by atoms with Gasteiger partial charge in [0.05, 0.1) is 25.8 Å². The van der Waals surface area contributed by atoms with Crippen molar-refractivity contribution in [2.45, 2.75) is 31.8 Å². The van der Waals surface area contributed by atoms with Gasteiger partial charge in [0.2, 0.25) is 5.91 Å². The molecular formula is C26H35N3O3. The van der Waals surface area contributed by atoms with Gasteiger partial charge >= 0.3 is 0 Å². The Morgan fingerprint density at radius 2 is 1.94 bits per heavy atom. The van der Waals surface area contributed by atoms with Crippen molar-refractivity contribution in [3.63, 3.8) is 0 Å². The number of benzene rings is 2. The van der Waals surface area contributed by atoms with Crippen LogP contribution in [0.3, 0.4) is 0 Å². The summed E-state index contributed by atoms with van der Waals surface area (Å²) in [5.74, 6) is 2.29. The van der Waals surface area contributed by atoms with Crippen molar-refractivity contribution < 1.29 is 14.3 Å². The van der Waals surface area contributed by atoms with E-state index >= 15 is 0 Å². The van der Waals surface area contributed by atoms with Gasteiger partial charge < -0.3 is 19.7 Å². The number of amides is 1. The Morgan fingerprint density at radius 3 is 2.75 bits per heavy atom. The Hall–Kier alpha value is -2.57. The molecule has 0 aromatic heterocycles. The van der Waals surface area contributed by atoms with E-state index in [1.54, 1.807) is 14.2 Å². The van der Waals surface area contributed by atoms with Crippen LogP contribution >= 0.6 is 0 Å². The number of hydrogen-bond acceptors (Lipinski definition) is 5. The molecule has 0 spiro atoms. The van der Waals surface area contributed by atoms with Crippen molar-refractivity contribution in [2.24, 2.45) is 11.8 Å². The number of likely N-dealkylation sites (tertiary alicyclic amines) is 2. The molecule has 2 aromatic carbocycles. The van der Waals surface area contributed by atoms with Gasteiger partial charge in [-0.05, 0) is 68.6 Å². The van der Waals surface area contributed by atoms with Crippen LogP contribution < -0.4 is 14.8 Å². The maximum absolute atomic E-state index is 13.0. The summed E-state index contributed by atoms with van der Waals surface area (Å²) in [5.41, 5.74) is 2.03. The first-order valence-corrected chi connectivity index (χ1v) is 11.6. The molecule has 0 bridgehead atoms. The van der Waals surface area contributed by atoms with Crippen LogP contribution in [0, 0.1) is 11.8 Å². The molecule has 32 heavy (non-hydrogen) atoms. The summed E-state index contributed by atoms with van der Waals surface area (Å²) in [6.07, 6.45) is 3.34. The lowest BCUT2D eigenvalue weighted by Crippen LogP contribution is -2.43. The van der Waals surface area contributed by atoms with Crippen LogP contribution in [0.15, 0.2) is 48.5 Å². The third-order valence-corrected chi connectivity index (χ3v) is 6.96. The van der Waals surface area contributed by atoms with Crippen LogP contribution in [-0.2, 0) is 11.3 Å². The van der Waals surface area contributed by atoms with Crippen molar-refractivity contribution in [2.75, 3.05) is 46.2 Å². The Kier molecular flexibility index (Phi) is 7.33. The van der Waals surface area contributed by atoms with E-state index in [2.05, 4.69) is 40.4 Å². The molecule has 2 aliphatic heterocycles. The number of piperidine rings is 1. The fourth-order valence-electron chi connectivity index (χ4n) is 5.33. The lowest BCUT2D eigenvalue weighted by atomic mass is 9.87. The maximum Gasteiger partial charge on any atom is 0.228 e. The quantitative estimate of drug-likeness (QED) is 0.713. The fourth-order valence-corrected chi connectivity index (χ4v) is 5.33. The number of nitrogens with zero attached hydrogens (tertiary/aromatic N) is 2. The zero-order chi connectivity index (χ0) is 22.5. The summed E-state index contributed by atoms with van der Waals surface area (Å²) >= 11 is 0. The molecule has 0 aliphatic carbocycles. The molecule has 4 rings (SSSR count). The summed E-state index contributed by atoms with van der Waals surface area (Å²) in [7, 11) is 5.51. The minimum Gasteiger partial charge on any atom is -0.497 e. The molecule has 6 nitrogen and oxygen atoms in total. The van der Waals surface area contributed by atoms with E-state index in [1.807, 2.05) is 30.3 Å². The summed E-state index contributed by atoms with van der Waals surface area (Å²) in [6, 6.07) is 16.4. The molecule has 2 aliphatic rings. The number of para-hydroxylation sites is 2. The minimum atomic E-state index is 0.00340. The molecule has 1 amide bonds. The van der Waals surface area contributed by atoms with Gasteiger partial charge in [0.1, 0.15) is 11.5 Å². The lowest BCUT2D eigenvalue weighted by molar-refractivity contribution is -0.119. The van der Waals surface area contributed by atoms with Crippen molar-refractivity contribution in [3.05, 3.63) is 54.1 Å². The van der Waals surface area contributed by atoms with Crippen molar-refractivity contribution in [1.29, 1.82) is 0 Å². The highest BCUT2D eigenvalue weighted by atomic mass is 16.5. The van der Waals surface area contributed by atoms with E-state index in [4.69, 9.17) is 9.47 Å². The maximum atomic E-state index is 13.0. The molecule has 172 valence electrons. The van der Waals surface area contributed by atoms with Gasteiger partial charge in [0.25, 0.3) is 0 Å². The fraction of sp³-hybridized carbons (Fsp3) is 0.500. The number of nitrogens with one attached hydrogen (secondary N) is 1. The topological polar surface area (TPSA) is 54.0 Å². The molecular weight excluding hydrogens is 402 g/mol. The van der Waals surface area contributed by atoms with Crippen molar-refractivity contribution in [3.8, 4) is 11.5 Å². The van der Waals surface area contributed by atoms with Crippen LogP contribution in [0.4, 0.5) is 5.69 Å². The number of carbonyl (C=O) groups excluding carboxylic acids is 1. The Balaban J connectivity index is 1.35. The molecule has 3 atom stereocenters. The molecule has 2 heterocycles. The Bertz CT molecular complexity index is 919. The zero-order valence-corrected chi connectivity index (χ0v) is 19.4. The first-order chi connectivity index (χ1) is 15.6. The molecule has 2 saturated heterocycles. The standard InChI is InChI=1S/C26H35N3O3/c1-28-17-21(26(30)27-23-11-4-5-12-25(23)32-3)15-24(28)20-9-7-13-29(18-20)16-19-8-6-10-22(14-19)31-2/h4-6,8,10-12,14,20-21,24H,7,9,13,15-18H2,1-3H3,(H,27,30)/t20-,21+,24-/m0/s1. The summed E-state index contributed by atoms with van der Waals surface area (Å²) in [5, 5.41) is 3.09. The van der Waals surface area contributed by atoms with E-state index in [-0.39, 0.29) is 11.8 Å². The molecule has 6 heteroatoms. The SMILES string of the molecule is COc1cccc(CN2CCC[C@H]([C@@H]3C[C@@H](C(=O)Nc4ccccc4OC)CN3C)C2)c1. The van der Waals surface area contributed by atoms with E-state index in [0.29, 0.717) is 17.7 Å². The summed E-state index contributed by atoms with van der Waals surface area (Å²) < 4.78 is 10.8. The molecule has 1 N–H and O–H groups in total. The first-order valence-electron chi connectivity index (χ1n) is 11.6. The van der Waals surface area contributed by atoms with Gasteiger partial charge in [-0.25, -0.2) is 0 Å². The zero-order valence-electron chi connectivity index (χ0n) is 19.4. The molecule has 2 fully saturated rings. The normalized spacial score (nSPS) is 24.3. The van der Waals surface area contributed by atoms with Crippen molar-refractivity contribution in [1.82, 2.24) is 9.80 Å². The second-order valence-electron chi connectivity index (χ2n) is 9.12. The van der Waals surface area contributed by atoms with Crippen molar-refractivity contribution >= 4 is 11.6 Å². The van der Waals surface area contributed by atoms with Crippen LogP contribution in [-0.4, -0.2) is 62.7 Å². The van der Waals surface area contributed by atoms with Crippen LogP contribution in [0.25, 0.3) is 0 Å². The second-order valence-corrected chi connectivity index (χ2v) is 9.12. The predicted octanol–water partition coefficient (Wildman–Crippen LogP) is 3.87. The smallest absolute Gasteiger partial charge is 0.228 e. The van der Waals surface area contributed by atoms with E-state index in [0.717, 1.165) is 44.0 Å². The van der Waals surface area contributed by atoms with Gasteiger partial charge in [-0.3, -0.25) is 9.69 Å². The first kappa shape index (κ1) is 22.6. The number of carbonyl (C=O) groups is 1. The van der Waals surface area contributed by atoms with Gasteiger partial charge in [0, 0.05) is 25.7 Å². The average molecular weight is 438 g/mol. The number of anilines is 1. The van der Waals surface area contributed by atoms with Gasteiger partial charge in [-0.2, -0.15) is 0 Å². The molecule has 0 radical (unpaired) electrons. The number of hydrogen-bond donors (Lipinski definition) is 1. The highest BCUT2D eigenvalue weighted by Gasteiger charge is 2.39. The van der Waals surface area contributed by atoms with E-state index < -0.39 is 0 Å². The average Bonchev–Trinajstić information content (AvgIpc) is 3.21. The molecule has 0 unspecified atom stereocenters. The third kappa shape index (κ3) is 5.25. The highest BCUT2D eigenvalue weighted by Crippen LogP contribution is 2.34. The largest absolute Gasteiger partial charge is 0.497 e. The van der Waals surface area contributed by atoms with Crippen LogP contribution in [0.5, 0.6) is 11.5 Å². The monoisotopic (exact) mass is 437 g/mol. The highest BCUT2D eigenvalue weighted by molar-refractivity contribution is 5.94. The second kappa shape index (κ2) is 10.4. The third-order valence-electron chi connectivity index (χ3n) is 6.96. The van der Waals surface area contributed by atoms with E-state index in [1.165, 1.54) is 18.4 Å². The van der Waals surface area contributed by atoms with Crippen LogP contribution in [0.2, 0.25) is 0 Å². The Labute approximate surface area is 191 Å². The molecule has 2 aromatic rings. The Morgan fingerprint density at radius 1 is 1.09 bits per heavy atom. The van der Waals surface area contributed by atoms with Crippen LogP contribution in [0.1, 0.15) is 24.8 Å². The van der Waals surface area contributed by atoms with Gasteiger partial charge in [0.15, 0.2) is 0 Å². The number of methoxy groups -OCH3 is 2. The summed E-state index contributed by atoms with van der Waals surface area (Å²) in [4.78, 5) is 18.0. The predicted molar refractivity (Wildman–Crippen MR) is 127 cm³/mol. The minimum absolute atomic E-state index is 0.00340. The molecule has 0 saturated carbocycles. The van der Waals surface area contributed by atoms with Gasteiger partial charge in [-0.15, -0.1) is 0 Å². The lowest BCUT2D eigenvalue weighted by Gasteiger charge is -2.38. The summed E-state index contributed by atoms with van der Waals surface area (Å²) in [6.45, 7) is 3.95. The van der Waals surface area contributed by atoms with E-state index in [9.17, 15) is 4.79 Å². The van der Waals surface area contributed by atoms with Gasteiger partial charge in [-0.1, -0.05) is 24.3 Å². The number of ether oxygens (including phenoxy) is 2. The number of rotatable bonds is 7.